The molecule has 3 heteroatoms. The van der Waals surface area contributed by atoms with Crippen molar-refractivity contribution in [2.75, 3.05) is 0 Å². The van der Waals surface area contributed by atoms with Crippen LogP contribution in [0.25, 0.3) is 0 Å². The van der Waals surface area contributed by atoms with Gasteiger partial charge in [0.25, 0.3) is 0 Å². The molecule has 0 aliphatic heterocycles. The molecule has 2 aromatic rings. The fraction of sp³-hybridized carbons (Fsp3) is 0.154. The summed E-state index contributed by atoms with van der Waals surface area (Å²) in [5, 5.41) is 1.92. The van der Waals surface area contributed by atoms with Gasteiger partial charge in [0.05, 0.1) is 4.88 Å². The second kappa shape index (κ2) is 4.52. The predicted octanol–water partition coefficient (Wildman–Crippen LogP) is 4.36. The van der Waals surface area contributed by atoms with Crippen molar-refractivity contribution in [3.63, 3.8) is 0 Å². The van der Waals surface area contributed by atoms with Crippen molar-refractivity contribution in [1.82, 2.24) is 0 Å². The number of rotatable bonds is 2. The molecule has 0 saturated carbocycles. The maximum absolute atomic E-state index is 12.3. The van der Waals surface area contributed by atoms with Gasteiger partial charge in [0.15, 0.2) is 0 Å². The second-order valence-corrected chi connectivity index (χ2v) is 5.52. The van der Waals surface area contributed by atoms with Crippen LogP contribution in [0, 0.1) is 13.8 Å². The number of carbonyl (C=O) groups excluding carboxylic acids is 1. The average molecular weight is 295 g/mol. The summed E-state index contributed by atoms with van der Waals surface area (Å²) in [7, 11) is 0. The molecule has 0 N–H and O–H groups in total. The molecule has 0 spiro atoms. The molecule has 0 unspecified atom stereocenters. The monoisotopic (exact) mass is 294 g/mol. The Hall–Kier alpha value is -0.930. The molecule has 1 heterocycles. The SMILES string of the molecule is Cc1ccc(C)c(C(=O)c2sccc2Br)c1. The number of hydrogen-bond donors (Lipinski definition) is 0. The van der Waals surface area contributed by atoms with E-state index < -0.39 is 0 Å². The largest absolute Gasteiger partial charge is 0.288 e. The quantitative estimate of drug-likeness (QED) is 0.752. The summed E-state index contributed by atoms with van der Waals surface area (Å²) in [6, 6.07) is 7.87. The molecule has 1 aromatic carbocycles. The van der Waals surface area contributed by atoms with Gasteiger partial charge in [0, 0.05) is 10.0 Å². The first-order chi connectivity index (χ1) is 7.59. The van der Waals surface area contributed by atoms with Gasteiger partial charge in [0.2, 0.25) is 5.78 Å². The van der Waals surface area contributed by atoms with Gasteiger partial charge in [-0.25, -0.2) is 0 Å². The molecule has 2 rings (SSSR count). The lowest BCUT2D eigenvalue weighted by molar-refractivity contribution is 0.104. The highest BCUT2D eigenvalue weighted by Gasteiger charge is 2.15. The molecule has 1 aromatic heterocycles. The minimum atomic E-state index is 0.100. The van der Waals surface area contributed by atoms with Crippen molar-refractivity contribution in [1.29, 1.82) is 0 Å². The third-order valence-electron chi connectivity index (χ3n) is 2.46. The summed E-state index contributed by atoms with van der Waals surface area (Å²) >= 11 is 4.87. The third kappa shape index (κ3) is 2.11. The molecule has 0 bridgehead atoms. The summed E-state index contributed by atoms with van der Waals surface area (Å²) in [6.07, 6.45) is 0. The van der Waals surface area contributed by atoms with E-state index in [1.54, 1.807) is 0 Å². The molecule has 16 heavy (non-hydrogen) atoms. The van der Waals surface area contributed by atoms with Crippen LogP contribution in [0.15, 0.2) is 34.1 Å². The molecule has 0 aliphatic carbocycles. The van der Waals surface area contributed by atoms with Crippen LogP contribution in [0.1, 0.15) is 26.4 Å². The highest BCUT2D eigenvalue weighted by atomic mass is 79.9. The molecular formula is C13H11BrOS. The van der Waals surface area contributed by atoms with Gasteiger partial charge in [0.1, 0.15) is 0 Å². The van der Waals surface area contributed by atoms with Gasteiger partial charge < -0.3 is 0 Å². The minimum absolute atomic E-state index is 0.100. The zero-order valence-electron chi connectivity index (χ0n) is 9.08. The van der Waals surface area contributed by atoms with Crippen molar-refractivity contribution in [2.45, 2.75) is 13.8 Å². The first kappa shape index (κ1) is 11.6. The maximum Gasteiger partial charge on any atom is 0.204 e. The first-order valence-corrected chi connectivity index (χ1v) is 6.62. The van der Waals surface area contributed by atoms with E-state index in [0.717, 1.165) is 26.0 Å². The number of halogens is 1. The van der Waals surface area contributed by atoms with Crippen molar-refractivity contribution in [2.24, 2.45) is 0 Å². The molecular weight excluding hydrogens is 284 g/mol. The molecule has 0 amide bonds. The topological polar surface area (TPSA) is 17.1 Å². The summed E-state index contributed by atoms with van der Waals surface area (Å²) < 4.78 is 0.878. The molecule has 0 radical (unpaired) electrons. The van der Waals surface area contributed by atoms with Gasteiger partial charge in [-0.2, -0.15) is 0 Å². The smallest absolute Gasteiger partial charge is 0.204 e. The maximum atomic E-state index is 12.3. The number of hydrogen-bond acceptors (Lipinski definition) is 2. The lowest BCUT2D eigenvalue weighted by atomic mass is 10.0. The Bertz CT molecular complexity index is 543. The minimum Gasteiger partial charge on any atom is -0.288 e. The van der Waals surface area contributed by atoms with E-state index in [4.69, 9.17) is 0 Å². The third-order valence-corrected chi connectivity index (χ3v) is 4.30. The Labute approximate surface area is 107 Å². The lowest BCUT2D eigenvalue weighted by Crippen LogP contribution is -2.02. The Kier molecular flexibility index (Phi) is 3.26. The Morgan fingerprint density at radius 3 is 2.62 bits per heavy atom. The Morgan fingerprint density at radius 2 is 2.00 bits per heavy atom. The molecule has 0 fully saturated rings. The summed E-state index contributed by atoms with van der Waals surface area (Å²) in [5.74, 6) is 0.100. The lowest BCUT2D eigenvalue weighted by Gasteiger charge is -2.05. The molecule has 0 saturated heterocycles. The molecule has 0 atom stereocenters. The number of thiophene rings is 1. The van der Waals surface area contributed by atoms with Crippen molar-refractivity contribution in [3.8, 4) is 0 Å². The summed E-state index contributed by atoms with van der Waals surface area (Å²) in [4.78, 5) is 13.1. The van der Waals surface area contributed by atoms with Crippen LogP contribution in [-0.2, 0) is 0 Å². The normalized spacial score (nSPS) is 10.4. The van der Waals surface area contributed by atoms with Crippen LogP contribution >= 0.6 is 27.3 Å². The van der Waals surface area contributed by atoms with E-state index in [1.807, 2.05) is 43.5 Å². The van der Waals surface area contributed by atoms with Crippen LogP contribution in [0.5, 0.6) is 0 Å². The number of carbonyl (C=O) groups is 1. The standard InChI is InChI=1S/C13H11BrOS/c1-8-3-4-9(2)10(7-8)12(15)13-11(14)5-6-16-13/h3-7H,1-2H3. The van der Waals surface area contributed by atoms with Crippen LogP contribution in [0.2, 0.25) is 0 Å². The Morgan fingerprint density at radius 1 is 1.25 bits per heavy atom. The fourth-order valence-electron chi connectivity index (χ4n) is 1.56. The van der Waals surface area contributed by atoms with Crippen LogP contribution in [0.3, 0.4) is 0 Å². The van der Waals surface area contributed by atoms with E-state index >= 15 is 0 Å². The van der Waals surface area contributed by atoms with Crippen molar-refractivity contribution < 1.29 is 4.79 Å². The number of benzene rings is 1. The van der Waals surface area contributed by atoms with Gasteiger partial charge in [-0.15, -0.1) is 11.3 Å². The van der Waals surface area contributed by atoms with Crippen LogP contribution < -0.4 is 0 Å². The average Bonchev–Trinajstić information content (AvgIpc) is 2.67. The van der Waals surface area contributed by atoms with E-state index in [1.165, 1.54) is 11.3 Å². The first-order valence-electron chi connectivity index (χ1n) is 4.94. The van der Waals surface area contributed by atoms with E-state index in [0.29, 0.717) is 0 Å². The van der Waals surface area contributed by atoms with Crippen molar-refractivity contribution >= 4 is 33.0 Å². The zero-order chi connectivity index (χ0) is 11.7. The van der Waals surface area contributed by atoms with Gasteiger partial charge in [-0.3, -0.25) is 4.79 Å². The molecule has 82 valence electrons. The number of ketones is 1. The second-order valence-electron chi connectivity index (χ2n) is 3.75. The van der Waals surface area contributed by atoms with Gasteiger partial charge in [-0.1, -0.05) is 17.7 Å². The van der Waals surface area contributed by atoms with Crippen molar-refractivity contribution in [3.05, 3.63) is 55.7 Å². The molecule has 0 aliphatic rings. The summed E-state index contributed by atoms with van der Waals surface area (Å²) in [5.41, 5.74) is 2.93. The predicted molar refractivity (Wildman–Crippen MR) is 71.4 cm³/mol. The van der Waals surface area contributed by atoms with Crippen LogP contribution in [-0.4, -0.2) is 5.78 Å². The van der Waals surface area contributed by atoms with E-state index in [2.05, 4.69) is 15.9 Å². The number of aryl methyl sites for hydroxylation is 2. The summed E-state index contributed by atoms with van der Waals surface area (Å²) in [6.45, 7) is 3.97. The van der Waals surface area contributed by atoms with Gasteiger partial charge in [-0.05, 0) is 52.9 Å². The highest BCUT2D eigenvalue weighted by molar-refractivity contribution is 9.10. The Balaban J connectivity index is 2.49. The van der Waals surface area contributed by atoms with Gasteiger partial charge >= 0.3 is 0 Å². The van der Waals surface area contributed by atoms with E-state index in [9.17, 15) is 4.79 Å². The fourth-order valence-corrected chi connectivity index (χ4v) is 3.06. The highest BCUT2D eigenvalue weighted by Crippen LogP contribution is 2.26. The zero-order valence-corrected chi connectivity index (χ0v) is 11.5. The van der Waals surface area contributed by atoms with E-state index in [-0.39, 0.29) is 5.78 Å². The van der Waals surface area contributed by atoms with Crippen LogP contribution in [0.4, 0.5) is 0 Å². The molecule has 1 nitrogen and oxygen atoms in total.